The fourth-order valence-corrected chi connectivity index (χ4v) is 2.89. The Hall–Kier alpha value is -2.98. The van der Waals surface area contributed by atoms with Gasteiger partial charge in [0.05, 0.1) is 17.0 Å². The predicted octanol–water partition coefficient (Wildman–Crippen LogP) is 2.67. The molecule has 94 valence electrons. The summed E-state index contributed by atoms with van der Waals surface area (Å²) in [5, 5.41) is 18.3. The van der Waals surface area contributed by atoms with E-state index in [1.54, 1.807) is 12.1 Å². The maximum absolute atomic E-state index is 9.13. The molecule has 0 amide bonds. The first-order valence-corrected chi connectivity index (χ1v) is 6.23. The van der Waals surface area contributed by atoms with Gasteiger partial charge in [-0.3, -0.25) is 0 Å². The van der Waals surface area contributed by atoms with E-state index >= 15 is 0 Å². The molecule has 0 saturated heterocycles. The van der Waals surface area contributed by atoms with Crippen LogP contribution in [-0.4, -0.2) is 6.29 Å². The van der Waals surface area contributed by atoms with Crippen molar-refractivity contribution in [2.24, 2.45) is 0 Å². The highest BCUT2D eigenvalue weighted by Gasteiger charge is 2.45. The van der Waals surface area contributed by atoms with Gasteiger partial charge in [0.15, 0.2) is 0 Å². The molecular weight excluding hydrogens is 252 g/mol. The lowest BCUT2D eigenvalue weighted by Crippen LogP contribution is -2.20. The molecule has 0 aromatic heterocycles. The molecule has 0 unspecified atom stereocenters. The Bertz CT molecular complexity index is 747. The Labute approximate surface area is 115 Å². The van der Waals surface area contributed by atoms with Crippen molar-refractivity contribution >= 4 is 0 Å². The maximum atomic E-state index is 9.13. The van der Waals surface area contributed by atoms with Crippen LogP contribution in [0.15, 0.2) is 36.4 Å². The molecular formula is C16H8N2O2. The second-order valence-corrected chi connectivity index (χ2v) is 4.75. The number of benzene rings is 2. The van der Waals surface area contributed by atoms with Crippen molar-refractivity contribution in [1.82, 2.24) is 0 Å². The van der Waals surface area contributed by atoms with Crippen molar-refractivity contribution in [3.05, 3.63) is 58.7 Å². The highest BCUT2D eigenvalue weighted by Crippen LogP contribution is 2.51. The Kier molecular flexibility index (Phi) is 2.05. The molecule has 4 heteroatoms. The van der Waals surface area contributed by atoms with Crippen LogP contribution in [0.4, 0.5) is 0 Å². The number of rotatable bonds is 0. The third-order valence-electron chi connectivity index (χ3n) is 3.74. The Morgan fingerprint density at radius 3 is 1.75 bits per heavy atom. The van der Waals surface area contributed by atoms with Crippen LogP contribution in [0.1, 0.15) is 28.2 Å². The molecule has 20 heavy (non-hydrogen) atoms. The van der Waals surface area contributed by atoms with E-state index in [0.717, 1.165) is 11.1 Å². The summed E-state index contributed by atoms with van der Waals surface area (Å²) in [5.74, 6) is 1.12. The van der Waals surface area contributed by atoms with Gasteiger partial charge in [0, 0.05) is 11.1 Å². The summed E-state index contributed by atoms with van der Waals surface area (Å²) in [4.78, 5) is 0. The number of hydrogen-bond donors (Lipinski definition) is 0. The van der Waals surface area contributed by atoms with E-state index in [2.05, 4.69) is 12.1 Å². The Morgan fingerprint density at radius 1 is 0.800 bits per heavy atom. The van der Waals surface area contributed by atoms with Crippen molar-refractivity contribution in [2.45, 2.75) is 12.2 Å². The topological polar surface area (TPSA) is 66.0 Å². The predicted molar refractivity (Wildman–Crippen MR) is 69.2 cm³/mol. The second kappa shape index (κ2) is 3.76. The summed E-state index contributed by atoms with van der Waals surface area (Å²) in [6.45, 7) is 0. The van der Waals surface area contributed by atoms with Crippen molar-refractivity contribution in [1.29, 1.82) is 10.5 Å². The average molecular weight is 260 g/mol. The molecule has 2 heterocycles. The van der Waals surface area contributed by atoms with Crippen LogP contribution in [-0.2, 0) is 0 Å². The number of fused-ring (bicyclic) bond motifs is 5. The third-order valence-corrected chi connectivity index (χ3v) is 3.74. The number of para-hydroxylation sites is 2. The summed E-state index contributed by atoms with van der Waals surface area (Å²) in [7, 11) is 0. The van der Waals surface area contributed by atoms with E-state index < -0.39 is 6.29 Å². The van der Waals surface area contributed by atoms with Crippen LogP contribution in [0.25, 0.3) is 0 Å². The molecule has 0 N–H and O–H groups in total. The summed E-state index contributed by atoms with van der Waals surface area (Å²) < 4.78 is 11.6. The molecule has 2 aromatic rings. The maximum Gasteiger partial charge on any atom is 0.252 e. The first-order chi connectivity index (χ1) is 9.83. The fourth-order valence-electron chi connectivity index (χ4n) is 2.89. The highest BCUT2D eigenvalue weighted by molar-refractivity contribution is 5.61. The molecule has 4 rings (SSSR count). The van der Waals surface area contributed by atoms with E-state index in [1.807, 2.05) is 24.3 Å². The zero-order chi connectivity index (χ0) is 13.7. The first-order valence-electron chi connectivity index (χ1n) is 6.23. The molecule has 0 spiro atoms. The van der Waals surface area contributed by atoms with Gasteiger partial charge in [-0.1, -0.05) is 24.3 Å². The first kappa shape index (κ1) is 10.9. The van der Waals surface area contributed by atoms with E-state index in [9.17, 15) is 0 Å². The minimum Gasteiger partial charge on any atom is -0.452 e. The van der Waals surface area contributed by atoms with Gasteiger partial charge in [-0.15, -0.1) is 0 Å². The standard InChI is InChI=1S/C16H8N2O2/c17-7-9-3-1-5-11-13-12-6-2-4-10(8-18)15(12)20-16(13)19-14(9)11/h1-6,13,16H. The van der Waals surface area contributed by atoms with Crippen LogP contribution >= 0.6 is 0 Å². The van der Waals surface area contributed by atoms with Crippen molar-refractivity contribution in [2.75, 3.05) is 0 Å². The summed E-state index contributed by atoms with van der Waals surface area (Å²) in [6, 6.07) is 15.3. The summed E-state index contributed by atoms with van der Waals surface area (Å²) >= 11 is 0. The number of ether oxygens (including phenoxy) is 2. The van der Waals surface area contributed by atoms with Gasteiger partial charge in [0.1, 0.15) is 23.6 Å². The van der Waals surface area contributed by atoms with Gasteiger partial charge in [-0.2, -0.15) is 10.5 Å². The molecule has 4 nitrogen and oxygen atoms in total. The third kappa shape index (κ3) is 1.23. The van der Waals surface area contributed by atoms with Gasteiger partial charge < -0.3 is 9.47 Å². The zero-order valence-corrected chi connectivity index (χ0v) is 10.3. The van der Waals surface area contributed by atoms with Crippen LogP contribution < -0.4 is 9.47 Å². The van der Waals surface area contributed by atoms with Crippen molar-refractivity contribution in [3.63, 3.8) is 0 Å². The van der Waals surface area contributed by atoms with Gasteiger partial charge in [-0.25, -0.2) is 0 Å². The molecule has 2 aliphatic heterocycles. The molecule has 0 radical (unpaired) electrons. The minimum absolute atomic E-state index is 0.0680. The van der Waals surface area contributed by atoms with Gasteiger partial charge in [0.25, 0.3) is 6.29 Å². The van der Waals surface area contributed by atoms with Crippen LogP contribution in [0.2, 0.25) is 0 Å². The average Bonchev–Trinajstić information content (AvgIpc) is 3.02. The van der Waals surface area contributed by atoms with E-state index in [0.29, 0.717) is 22.6 Å². The smallest absolute Gasteiger partial charge is 0.252 e. The molecule has 0 atom stereocenters. The van der Waals surface area contributed by atoms with Crippen molar-refractivity contribution in [3.8, 4) is 23.6 Å². The summed E-state index contributed by atoms with van der Waals surface area (Å²) in [5.41, 5.74) is 2.92. The lowest BCUT2D eigenvalue weighted by atomic mass is 9.91. The lowest BCUT2D eigenvalue weighted by Gasteiger charge is -2.09. The largest absolute Gasteiger partial charge is 0.452 e. The van der Waals surface area contributed by atoms with Gasteiger partial charge in [0.2, 0.25) is 0 Å². The monoisotopic (exact) mass is 260 g/mol. The molecule has 2 aromatic carbocycles. The van der Waals surface area contributed by atoms with Crippen molar-refractivity contribution < 1.29 is 9.47 Å². The van der Waals surface area contributed by atoms with Crippen LogP contribution in [0.5, 0.6) is 11.5 Å². The van der Waals surface area contributed by atoms with E-state index in [-0.39, 0.29) is 5.92 Å². The van der Waals surface area contributed by atoms with Crippen LogP contribution in [0.3, 0.4) is 0 Å². The summed E-state index contributed by atoms with van der Waals surface area (Å²) in [6.07, 6.45) is -0.482. The van der Waals surface area contributed by atoms with E-state index in [1.165, 1.54) is 0 Å². The van der Waals surface area contributed by atoms with Crippen LogP contribution in [0, 0.1) is 22.7 Å². The Balaban J connectivity index is 1.93. The number of hydrogen-bond acceptors (Lipinski definition) is 4. The number of nitrogens with zero attached hydrogens (tertiary/aromatic N) is 2. The lowest BCUT2D eigenvalue weighted by molar-refractivity contribution is 0.0326. The number of nitriles is 2. The molecule has 2 aliphatic rings. The second-order valence-electron chi connectivity index (χ2n) is 4.75. The Morgan fingerprint density at radius 2 is 1.30 bits per heavy atom. The molecule has 0 fully saturated rings. The molecule has 0 aliphatic carbocycles. The fraction of sp³-hybridized carbons (Fsp3) is 0.125. The van der Waals surface area contributed by atoms with Gasteiger partial charge >= 0.3 is 0 Å². The van der Waals surface area contributed by atoms with E-state index in [4.69, 9.17) is 20.0 Å². The highest BCUT2D eigenvalue weighted by atomic mass is 16.7. The molecule has 0 bridgehead atoms. The zero-order valence-electron chi connectivity index (χ0n) is 10.3. The quantitative estimate of drug-likeness (QED) is 0.730. The molecule has 0 saturated carbocycles. The normalized spacial score (nSPS) is 20.7. The van der Waals surface area contributed by atoms with Gasteiger partial charge in [-0.05, 0) is 12.1 Å². The minimum atomic E-state index is -0.482. The SMILES string of the molecule is N#Cc1cccc2c1OC1Oc3c(C#N)cccc3C21.